The molecule has 2 saturated heterocycles. The van der Waals surface area contributed by atoms with Crippen molar-refractivity contribution < 1.29 is 9.32 Å². The quantitative estimate of drug-likeness (QED) is 0.813. The first-order valence-corrected chi connectivity index (χ1v) is 5.70. The van der Waals surface area contributed by atoms with Crippen molar-refractivity contribution in [3.05, 3.63) is 18.0 Å². The highest BCUT2D eigenvalue weighted by Crippen LogP contribution is 2.36. The molecule has 0 radical (unpaired) electrons. The van der Waals surface area contributed by atoms with Gasteiger partial charge in [0.2, 0.25) is 0 Å². The monoisotopic (exact) mass is 257 g/mol. The molecule has 1 amide bonds. The molecule has 0 saturated carbocycles. The number of nitrogens with one attached hydrogen (secondary N) is 1. The fourth-order valence-electron chi connectivity index (χ4n) is 2.74. The summed E-state index contributed by atoms with van der Waals surface area (Å²) in [6.45, 7) is 3.81. The topological polar surface area (TPSA) is 58.4 Å². The zero-order valence-electron chi connectivity index (χ0n) is 9.52. The lowest BCUT2D eigenvalue weighted by molar-refractivity contribution is 0.0765. The average Bonchev–Trinajstić information content (AvgIpc) is 3.01. The average molecular weight is 258 g/mol. The van der Waals surface area contributed by atoms with Crippen molar-refractivity contribution in [3.8, 4) is 0 Å². The van der Waals surface area contributed by atoms with E-state index < -0.39 is 0 Å². The van der Waals surface area contributed by atoms with Gasteiger partial charge in [0.1, 0.15) is 6.26 Å². The van der Waals surface area contributed by atoms with Crippen LogP contribution in [0.4, 0.5) is 0 Å². The number of hydrogen-bond donors (Lipinski definition) is 1. The van der Waals surface area contributed by atoms with E-state index in [1.165, 1.54) is 12.7 Å². The van der Waals surface area contributed by atoms with Crippen molar-refractivity contribution in [1.82, 2.24) is 15.4 Å². The molecular formula is C11H16ClN3O2. The highest BCUT2D eigenvalue weighted by atomic mass is 35.5. The number of amides is 1. The summed E-state index contributed by atoms with van der Waals surface area (Å²) in [4.78, 5) is 13.9. The smallest absolute Gasteiger partial charge is 0.276 e. The zero-order chi connectivity index (χ0) is 11.0. The standard InChI is InChI=1S/C11H15N3O2.ClH/c15-10(9-1-6-16-13-9)14-5-3-11(8-14)2-4-12-7-11;/h1,6,12H,2-5,7-8H2;1H. The molecule has 5 nitrogen and oxygen atoms in total. The molecule has 1 aromatic heterocycles. The fraction of sp³-hybridized carbons (Fsp3) is 0.636. The molecule has 0 aliphatic carbocycles. The fourth-order valence-corrected chi connectivity index (χ4v) is 2.74. The van der Waals surface area contributed by atoms with Crippen LogP contribution in [0, 0.1) is 5.41 Å². The van der Waals surface area contributed by atoms with Gasteiger partial charge in [-0.2, -0.15) is 0 Å². The van der Waals surface area contributed by atoms with Gasteiger partial charge in [0.15, 0.2) is 5.69 Å². The lowest BCUT2D eigenvalue weighted by Gasteiger charge is -2.22. The van der Waals surface area contributed by atoms with E-state index in [-0.39, 0.29) is 18.3 Å². The second kappa shape index (κ2) is 4.66. The maximum atomic E-state index is 12.0. The van der Waals surface area contributed by atoms with Crippen LogP contribution in [0.1, 0.15) is 23.3 Å². The predicted octanol–water partition coefficient (Wildman–Crippen LogP) is 0.922. The van der Waals surface area contributed by atoms with E-state index in [0.29, 0.717) is 11.1 Å². The third-order valence-electron chi connectivity index (χ3n) is 3.71. The predicted molar refractivity (Wildman–Crippen MR) is 64.2 cm³/mol. The van der Waals surface area contributed by atoms with Crippen molar-refractivity contribution in [2.45, 2.75) is 12.8 Å². The number of likely N-dealkylation sites (tertiary alicyclic amines) is 1. The van der Waals surface area contributed by atoms with E-state index >= 15 is 0 Å². The minimum absolute atomic E-state index is 0. The summed E-state index contributed by atoms with van der Waals surface area (Å²) < 4.78 is 4.70. The Morgan fingerprint density at radius 3 is 3.06 bits per heavy atom. The Kier molecular flexibility index (Phi) is 3.40. The molecule has 3 heterocycles. The summed E-state index contributed by atoms with van der Waals surface area (Å²) in [5, 5.41) is 7.07. The van der Waals surface area contributed by atoms with Crippen LogP contribution in [-0.4, -0.2) is 42.1 Å². The van der Waals surface area contributed by atoms with E-state index in [1.54, 1.807) is 6.07 Å². The lowest BCUT2D eigenvalue weighted by Crippen LogP contribution is -2.33. The largest absolute Gasteiger partial charge is 0.364 e. The summed E-state index contributed by atoms with van der Waals surface area (Å²) in [6, 6.07) is 1.63. The second-order valence-corrected chi connectivity index (χ2v) is 4.79. The Balaban J connectivity index is 0.00000108. The number of nitrogens with zero attached hydrogens (tertiary/aromatic N) is 2. The summed E-state index contributed by atoms with van der Waals surface area (Å²) in [7, 11) is 0. The third kappa shape index (κ3) is 2.17. The van der Waals surface area contributed by atoms with Crippen LogP contribution in [0.3, 0.4) is 0 Å². The zero-order valence-corrected chi connectivity index (χ0v) is 10.3. The van der Waals surface area contributed by atoms with E-state index in [1.807, 2.05) is 4.90 Å². The summed E-state index contributed by atoms with van der Waals surface area (Å²) in [6.07, 6.45) is 3.72. The first-order valence-electron chi connectivity index (χ1n) is 5.70. The van der Waals surface area contributed by atoms with Gasteiger partial charge >= 0.3 is 0 Å². The van der Waals surface area contributed by atoms with Gasteiger partial charge in [-0.3, -0.25) is 4.79 Å². The number of carbonyl (C=O) groups excluding carboxylic acids is 1. The number of halogens is 1. The van der Waals surface area contributed by atoms with Crippen molar-refractivity contribution in [2.75, 3.05) is 26.2 Å². The van der Waals surface area contributed by atoms with Gasteiger partial charge in [-0.15, -0.1) is 12.4 Å². The number of rotatable bonds is 1. The van der Waals surface area contributed by atoms with Crippen LogP contribution in [0.5, 0.6) is 0 Å². The number of carbonyl (C=O) groups is 1. The van der Waals surface area contributed by atoms with Crippen molar-refractivity contribution >= 4 is 18.3 Å². The maximum Gasteiger partial charge on any atom is 0.276 e. The third-order valence-corrected chi connectivity index (χ3v) is 3.71. The van der Waals surface area contributed by atoms with Gasteiger partial charge < -0.3 is 14.7 Å². The highest BCUT2D eigenvalue weighted by Gasteiger charge is 2.42. The van der Waals surface area contributed by atoms with Gasteiger partial charge in [-0.1, -0.05) is 5.16 Å². The Bertz CT molecular complexity index is 387. The van der Waals surface area contributed by atoms with Crippen molar-refractivity contribution in [2.24, 2.45) is 5.41 Å². The summed E-state index contributed by atoms with van der Waals surface area (Å²) in [5.41, 5.74) is 0.738. The van der Waals surface area contributed by atoms with Gasteiger partial charge in [0.05, 0.1) is 0 Å². The highest BCUT2D eigenvalue weighted by molar-refractivity contribution is 5.92. The first-order chi connectivity index (χ1) is 7.79. The molecule has 2 aliphatic heterocycles. The minimum Gasteiger partial charge on any atom is -0.364 e. The molecule has 1 aromatic rings. The van der Waals surface area contributed by atoms with Crippen LogP contribution in [-0.2, 0) is 0 Å². The van der Waals surface area contributed by atoms with Crippen LogP contribution >= 0.6 is 12.4 Å². The normalized spacial score (nSPS) is 27.4. The van der Waals surface area contributed by atoms with E-state index in [2.05, 4.69) is 10.5 Å². The molecule has 2 aliphatic rings. The van der Waals surface area contributed by atoms with Crippen LogP contribution < -0.4 is 5.32 Å². The number of hydrogen-bond acceptors (Lipinski definition) is 4. The van der Waals surface area contributed by atoms with Gasteiger partial charge in [0, 0.05) is 31.1 Å². The molecule has 6 heteroatoms. The Labute approximate surface area is 106 Å². The minimum atomic E-state index is -0.00229. The molecule has 1 spiro atoms. The molecule has 0 aromatic carbocycles. The maximum absolute atomic E-state index is 12.0. The molecule has 17 heavy (non-hydrogen) atoms. The first kappa shape index (κ1) is 12.4. The lowest BCUT2D eigenvalue weighted by atomic mass is 9.87. The molecule has 1 N–H and O–H groups in total. The molecule has 3 rings (SSSR count). The molecule has 0 bridgehead atoms. The van der Waals surface area contributed by atoms with Gasteiger partial charge in [0.25, 0.3) is 5.91 Å². The molecular weight excluding hydrogens is 242 g/mol. The molecule has 1 atom stereocenters. The van der Waals surface area contributed by atoms with E-state index in [9.17, 15) is 4.79 Å². The Hall–Kier alpha value is -1.07. The molecule has 2 fully saturated rings. The van der Waals surface area contributed by atoms with E-state index in [0.717, 1.165) is 32.6 Å². The second-order valence-electron chi connectivity index (χ2n) is 4.79. The molecule has 94 valence electrons. The Morgan fingerprint density at radius 1 is 1.53 bits per heavy atom. The van der Waals surface area contributed by atoms with Crippen LogP contribution in [0.2, 0.25) is 0 Å². The Morgan fingerprint density at radius 2 is 2.41 bits per heavy atom. The van der Waals surface area contributed by atoms with Crippen LogP contribution in [0.15, 0.2) is 16.9 Å². The SMILES string of the molecule is Cl.O=C(c1ccon1)N1CCC2(CCNC2)C1. The summed E-state index contributed by atoms with van der Waals surface area (Å²) in [5.74, 6) is -0.00229. The van der Waals surface area contributed by atoms with Gasteiger partial charge in [-0.05, 0) is 19.4 Å². The van der Waals surface area contributed by atoms with Gasteiger partial charge in [-0.25, -0.2) is 0 Å². The summed E-state index contributed by atoms with van der Waals surface area (Å²) >= 11 is 0. The van der Waals surface area contributed by atoms with Crippen molar-refractivity contribution in [1.29, 1.82) is 0 Å². The van der Waals surface area contributed by atoms with Crippen molar-refractivity contribution in [3.63, 3.8) is 0 Å². The number of aromatic nitrogens is 1. The van der Waals surface area contributed by atoms with E-state index in [4.69, 9.17) is 4.52 Å². The van der Waals surface area contributed by atoms with Crippen LogP contribution in [0.25, 0.3) is 0 Å². The molecule has 1 unspecified atom stereocenters.